The molecule has 0 saturated heterocycles. The number of hydrogen-bond donors (Lipinski definition) is 0. The van der Waals surface area contributed by atoms with Crippen LogP contribution in [0.2, 0.25) is 0 Å². The monoisotopic (exact) mass is 427 g/mol. The number of hydrogen-bond acceptors (Lipinski definition) is 1. The van der Waals surface area contributed by atoms with Crippen LogP contribution in [0, 0.1) is 23.1 Å². The third kappa shape index (κ3) is 5.21. The van der Waals surface area contributed by atoms with E-state index in [-0.39, 0.29) is 5.82 Å². The molecule has 0 amide bonds. The molecule has 1 nitrogen and oxygen atoms in total. The molecule has 1 aliphatic carbocycles. The van der Waals surface area contributed by atoms with E-state index < -0.39 is 0 Å². The highest BCUT2D eigenvalue weighted by Crippen LogP contribution is 2.39. The second kappa shape index (κ2) is 10.8. The second-order valence-electron chi connectivity index (χ2n) is 9.52. The molecule has 3 aromatic carbocycles. The van der Waals surface area contributed by atoms with Crippen molar-refractivity contribution in [2.45, 2.75) is 77.0 Å². The van der Waals surface area contributed by atoms with Crippen LogP contribution in [0.3, 0.4) is 0 Å². The van der Waals surface area contributed by atoms with E-state index in [4.69, 9.17) is 5.26 Å². The van der Waals surface area contributed by atoms with Gasteiger partial charge in [-0.05, 0) is 66.2 Å². The lowest BCUT2D eigenvalue weighted by atomic mass is 9.76. The van der Waals surface area contributed by atoms with E-state index in [1.807, 2.05) is 30.3 Å². The third-order valence-corrected chi connectivity index (χ3v) is 7.34. The molecule has 0 aromatic heterocycles. The van der Waals surface area contributed by atoms with Crippen molar-refractivity contribution in [3.63, 3.8) is 0 Å². The van der Waals surface area contributed by atoms with Crippen LogP contribution >= 0.6 is 0 Å². The van der Waals surface area contributed by atoms with Crippen LogP contribution in [0.5, 0.6) is 0 Å². The second-order valence-corrected chi connectivity index (χ2v) is 9.52. The Morgan fingerprint density at radius 2 is 1.62 bits per heavy atom. The van der Waals surface area contributed by atoms with Gasteiger partial charge in [0, 0.05) is 10.9 Å². The Balaban J connectivity index is 1.41. The maximum Gasteiger partial charge on any atom is 0.138 e. The Bertz CT molecular complexity index is 1070. The molecule has 166 valence electrons. The summed E-state index contributed by atoms with van der Waals surface area (Å²) in [6, 6.07) is 19.5. The van der Waals surface area contributed by atoms with Gasteiger partial charge in [0.15, 0.2) is 0 Å². The topological polar surface area (TPSA) is 23.8 Å². The van der Waals surface area contributed by atoms with Gasteiger partial charge in [-0.2, -0.15) is 5.26 Å². The molecule has 0 radical (unpaired) electrons. The highest BCUT2D eigenvalue weighted by atomic mass is 19.1. The summed E-state index contributed by atoms with van der Waals surface area (Å²) < 4.78 is 15.3. The summed E-state index contributed by atoms with van der Waals surface area (Å²) in [4.78, 5) is 0. The van der Waals surface area contributed by atoms with Crippen molar-refractivity contribution in [1.29, 1.82) is 5.26 Å². The van der Waals surface area contributed by atoms with Crippen LogP contribution in [0.4, 0.5) is 4.39 Å². The number of rotatable bonds is 8. The van der Waals surface area contributed by atoms with Crippen LogP contribution in [0.25, 0.3) is 21.9 Å². The molecule has 0 N–H and O–H groups in total. The minimum atomic E-state index is -0.175. The number of nitrogens with zero attached hydrogens (tertiary/aromatic N) is 1. The Kier molecular flexibility index (Phi) is 7.59. The zero-order valence-corrected chi connectivity index (χ0v) is 19.2. The fraction of sp³-hybridized carbons (Fsp3) is 0.433. The van der Waals surface area contributed by atoms with Gasteiger partial charge in [-0.15, -0.1) is 0 Å². The highest BCUT2D eigenvalue weighted by Gasteiger charge is 2.22. The zero-order chi connectivity index (χ0) is 22.3. The Morgan fingerprint density at radius 1 is 0.875 bits per heavy atom. The molecular weight excluding hydrogens is 393 g/mol. The quantitative estimate of drug-likeness (QED) is 0.329. The van der Waals surface area contributed by atoms with Crippen LogP contribution < -0.4 is 0 Å². The van der Waals surface area contributed by atoms with Crippen molar-refractivity contribution in [3.05, 3.63) is 71.5 Å². The Labute approximate surface area is 192 Å². The molecule has 3 aromatic rings. The molecule has 32 heavy (non-hydrogen) atoms. The molecule has 0 bridgehead atoms. The highest BCUT2D eigenvalue weighted by molar-refractivity contribution is 5.89. The molecule has 4 rings (SSSR count). The minimum Gasteiger partial charge on any atom is -0.206 e. The predicted octanol–water partition coefficient (Wildman–Crippen LogP) is 9.15. The predicted molar refractivity (Wildman–Crippen MR) is 132 cm³/mol. The first-order valence-corrected chi connectivity index (χ1v) is 12.4. The van der Waals surface area contributed by atoms with Crippen molar-refractivity contribution < 1.29 is 4.39 Å². The standard InChI is InChI=1S/C30H34FN/c1-2-3-4-5-6-7-22-8-12-24(13-9-22)26-16-18-29-27(20-26)17-19-28(30(29)31)25-14-10-23(21-32)11-15-25/h10-11,14-20,22,24H,2-9,12-13H2,1H3/t22-,24-. The van der Waals surface area contributed by atoms with E-state index in [0.29, 0.717) is 22.4 Å². The summed E-state index contributed by atoms with van der Waals surface area (Å²) in [5.41, 5.74) is 3.35. The maximum atomic E-state index is 15.3. The smallest absolute Gasteiger partial charge is 0.138 e. The fourth-order valence-electron chi connectivity index (χ4n) is 5.33. The summed E-state index contributed by atoms with van der Waals surface area (Å²) >= 11 is 0. The average Bonchev–Trinajstić information content (AvgIpc) is 2.84. The van der Waals surface area contributed by atoms with Gasteiger partial charge in [0.2, 0.25) is 0 Å². The molecule has 0 aliphatic heterocycles. The minimum absolute atomic E-state index is 0.175. The fourth-order valence-corrected chi connectivity index (χ4v) is 5.33. The molecule has 2 heteroatoms. The van der Waals surface area contributed by atoms with E-state index in [2.05, 4.69) is 25.1 Å². The lowest BCUT2D eigenvalue weighted by Gasteiger charge is -2.29. The van der Waals surface area contributed by atoms with Crippen molar-refractivity contribution in [1.82, 2.24) is 0 Å². The van der Waals surface area contributed by atoms with Gasteiger partial charge in [-0.3, -0.25) is 0 Å². The molecule has 0 heterocycles. The summed E-state index contributed by atoms with van der Waals surface area (Å²) in [5.74, 6) is 1.34. The first-order chi connectivity index (χ1) is 15.7. The summed E-state index contributed by atoms with van der Waals surface area (Å²) in [6.45, 7) is 2.27. The van der Waals surface area contributed by atoms with Gasteiger partial charge in [0.1, 0.15) is 5.82 Å². The molecule has 0 spiro atoms. The van der Waals surface area contributed by atoms with Gasteiger partial charge in [0.05, 0.1) is 11.6 Å². The van der Waals surface area contributed by atoms with Gasteiger partial charge < -0.3 is 0 Å². The van der Waals surface area contributed by atoms with E-state index in [0.717, 1.165) is 16.9 Å². The molecule has 0 unspecified atom stereocenters. The first-order valence-electron chi connectivity index (χ1n) is 12.4. The van der Waals surface area contributed by atoms with Crippen molar-refractivity contribution in [3.8, 4) is 17.2 Å². The van der Waals surface area contributed by atoms with Crippen LogP contribution in [0.1, 0.15) is 88.2 Å². The van der Waals surface area contributed by atoms with E-state index >= 15 is 4.39 Å². The van der Waals surface area contributed by atoms with E-state index in [1.165, 1.54) is 69.8 Å². The van der Waals surface area contributed by atoms with Crippen LogP contribution in [-0.4, -0.2) is 0 Å². The lowest BCUT2D eigenvalue weighted by molar-refractivity contribution is 0.302. The Morgan fingerprint density at radius 3 is 2.34 bits per heavy atom. The zero-order valence-electron chi connectivity index (χ0n) is 19.2. The number of halogens is 1. The van der Waals surface area contributed by atoms with Gasteiger partial charge in [-0.25, -0.2) is 4.39 Å². The van der Waals surface area contributed by atoms with Gasteiger partial charge in [-0.1, -0.05) is 87.9 Å². The number of benzene rings is 3. The van der Waals surface area contributed by atoms with Crippen LogP contribution in [0.15, 0.2) is 54.6 Å². The van der Waals surface area contributed by atoms with Gasteiger partial charge >= 0.3 is 0 Å². The normalized spacial score (nSPS) is 18.5. The summed E-state index contributed by atoms with van der Waals surface area (Å²) in [6.07, 6.45) is 13.5. The van der Waals surface area contributed by atoms with E-state index in [1.54, 1.807) is 12.1 Å². The first kappa shape index (κ1) is 22.5. The summed E-state index contributed by atoms with van der Waals surface area (Å²) in [7, 11) is 0. The number of nitriles is 1. The van der Waals surface area contributed by atoms with Crippen molar-refractivity contribution >= 4 is 10.8 Å². The maximum absolute atomic E-state index is 15.3. The molecular formula is C30H34FN. The van der Waals surface area contributed by atoms with Crippen molar-refractivity contribution in [2.75, 3.05) is 0 Å². The summed E-state index contributed by atoms with van der Waals surface area (Å²) in [5, 5.41) is 10.6. The Hall–Kier alpha value is -2.66. The lowest BCUT2D eigenvalue weighted by Crippen LogP contribution is -2.13. The average molecular weight is 428 g/mol. The van der Waals surface area contributed by atoms with Crippen molar-refractivity contribution in [2.24, 2.45) is 5.92 Å². The third-order valence-electron chi connectivity index (χ3n) is 7.34. The number of fused-ring (bicyclic) bond motifs is 1. The SMILES string of the molecule is CCCCCCC[C@H]1CC[C@H](c2ccc3c(F)c(-c4ccc(C#N)cc4)ccc3c2)CC1. The molecule has 1 fully saturated rings. The van der Waals surface area contributed by atoms with Gasteiger partial charge in [0.25, 0.3) is 0 Å². The molecule has 1 aliphatic rings. The van der Waals surface area contributed by atoms with E-state index in [9.17, 15) is 0 Å². The number of unbranched alkanes of at least 4 members (excludes halogenated alkanes) is 4. The largest absolute Gasteiger partial charge is 0.206 e. The molecule has 0 atom stereocenters. The molecule has 1 saturated carbocycles. The van der Waals surface area contributed by atoms with Crippen LogP contribution in [-0.2, 0) is 0 Å².